The fourth-order valence-corrected chi connectivity index (χ4v) is 0.671. The van der Waals surface area contributed by atoms with E-state index in [9.17, 15) is 31.9 Å². The Morgan fingerprint density at radius 3 is 1.82 bits per heavy atom. The number of hydrogen-bond donors (Lipinski definition) is 3. The van der Waals surface area contributed by atoms with E-state index < -0.39 is 42.7 Å². The molecule has 0 atom stereocenters. The Morgan fingerprint density at radius 1 is 1.00 bits per heavy atom. The van der Waals surface area contributed by atoms with Crippen LogP contribution in [0.25, 0.3) is 0 Å². The molecule has 0 spiro atoms. The van der Waals surface area contributed by atoms with Crippen LogP contribution in [-0.2, 0) is 14.4 Å². The third kappa shape index (κ3) is 3.29. The van der Waals surface area contributed by atoms with Crippen molar-refractivity contribution in [3.05, 3.63) is 0 Å². The van der Waals surface area contributed by atoms with E-state index in [0.717, 1.165) is 0 Å². The number of carbonyl (C=O) groups excluding carboxylic acids is 1. The van der Waals surface area contributed by atoms with Gasteiger partial charge in [-0.25, -0.2) is 4.79 Å². The molecule has 0 aromatic heterocycles. The minimum absolute atomic E-state index is 0.763. The van der Waals surface area contributed by atoms with Crippen LogP contribution in [0.4, 0.5) is 17.6 Å². The Bertz CT molecular complexity index is 343. The second-order valence-corrected chi connectivity index (χ2v) is 2.85. The van der Waals surface area contributed by atoms with E-state index in [1.165, 1.54) is 5.32 Å². The molecule has 0 rings (SSSR count). The zero-order chi connectivity index (χ0) is 13.9. The number of alkyl halides is 4. The lowest BCUT2D eigenvalue weighted by Gasteiger charge is -2.21. The summed E-state index contributed by atoms with van der Waals surface area (Å²) in [6, 6.07) is 0. The molecule has 0 aliphatic heterocycles. The molecule has 10 heteroatoms. The lowest BCUT2D eigenvalue weighted by atomic mass is 10.1. The fraction of sp³-hybridized carbons (Fsp3) is 0.571. The van der Waals surface area contributed by atoms with Gasteiger partial charge in [0.2, 0.25) is 0 Å². The van der Waals surface area contributed by atoms with Gasteiger partial charge < -0.3 is 15.5 Å². The van der Waals surface area contributed by atoms with Crippen molar-refractivity contribution < 1.29 is 42.2 Å². The van der Waals surface area contributed by atoms with Crippen LogP contribution in [0, 0.1) is 0 Å². The topological polar surface area (TPSA) is 104 Å². The average molecular weight is 261 g/mol. The number of amides is 1. The van der Waals surface area contributed by atoms with Crippen LogP contribution >= 0.6 is 0 Å². The maximum atomic E-state index is 12.7. The van der Waals surface area contributed by atoms with E-state index in [4.69, 9.17) is 10.2 Å². The molecule has 98 valence electrons. The molecule has 0 bridgehead atoms. The molecule has 3 N–H and O–H groups in total. The first-order valence-electron chi connectivity index (χ1n) is 4.02. The van der Waals surface area contributed by atoms with Crippen LogP contribution < -0.4 is 5.32 Å². The van der Waals surface area contributed by atoms with Gasteiger partial charge in [0, 0.05) is 6.54 Å². The van der Waals surface area contributed by atoms with Crippen LogP contribution in [0.15, 0.2) is 0 Å². The van der Waals surface area contributed by atoms with Gasteiger partial charge >= 0.3 is 23.8 Å². The number of hydrogen-bond acceptors (Lipinski definition) is 3. The summed E-state index contributed by atoms with van der Waals surface area (Å²) in [7, 11) is 0. The number of halogens is 4. The van der Waals surface area contributed by atoms with E-state index >= 15 is 0 Å². The highest BCUT2D eigenvalue weighted by molar-refractivity contribution is 5.92. The van der Waals surface area contributed by atoms with Crippen molar-refractivity contribution in [2.45, 2.75) is 18.3 Å². The summed E-state index contributed by atoms with van der Waals surface area (Å²) in [6.07, 6.45) is -0.763. The van der Waals surface area contributed by atoms with Crippen LogP contribution in [0.2, 0.25) is 0 Å². The highest BCUT2D eigenvalue weighted by Gasteiger charge is 2.67. The fourth-order valence-electron chi connectivity index (χ4n) is 0.671. The minimum Gasteiger partial charge on any atom is -0.481 e. The van der Waals surface area contributed by atoms with E-state index in [1.807, 2.05) is 0 Å². The monoisotopic (exact) mass is 261 g/mol. The highest BCUT2D eigenvalue weighted by atomic mass is 19.3. The Morgan fingerprint density at radius 2 is 1.47 bits per heavy atom. The molecule has 0 saturated carbocycles. The van der Waals surface area contributed by atoms with Crippen molar-refractivity contribution >= 4 is 17.8 Å². The molecule has 0 aromatic carbocycles. The quantitative estimate of drug-likeness (QED) is 0.581. The van der Waals surface area contributed by atoms with Crippen molar-refractivity contribution in [1.82, 2.24) is 5.32 Å². The van der Waals surface area contributed by atoms with E-state index in [0.29, 0.717) is 0 Å². The van der Waals surface area contributed by atoms with E-state index in [2.05, 4.69) is 0 Å². The second kappa shape index (κ2) is 4.97. The zero-order valence-corrected chi connectivity index (χ0v) is 8.05. The molecule has 0 aromatic rings. The maximum Gasteiger partial charge on any atom is 0.413 e. The summed E-state index contributed by atoms with van der Waals surface area (Å²) < 4.78 is 50.2. The molecule has 0 saturated heterocycles. The normalized spacial score (nSPS) is 12.0. The molecule has 0 fully saturated rings. The lowest BCUT2D eigenvalue weighted by Crippen LogP contribution is -2.56. The standard InChI is InChI=1S/C7H7F4NO5/c8-6(9,7(10,11)5(16)17)4(15)12-2-1-3(13)14/h1-2H2,(H,12,15)(H,13,14)(H,16,17). The number of carbonyl (C=O) groups is 3. The smallest absolute Gasteiger partial charge is 0.413 e. The molecule has 0 radical (unpaired) electrons. The van der Waals surface area contributed by atoms with Crippen LogP contribution in [0.1, 0.15) is 6.42 Å². The van der Waals surface area contributed by atoms with Crippen molar-refractivity contribution in [1.29, 1.82) is 0 Å². The zero-order valence-electron chi connectivity index (χ0n) is 8.05. The number of aliphatic carboxylic acids is 2. The van der Waals surface area contributed by atoms with E-state index in [-0.39, 0.29) is 0 Å². The van der Waals surface area contributed by atoms with Crippen LogP contribution in [-0.4, -0.2) is 46.4 Å². The van der Waals surface area contributed by atoms with Crippen molar-refractivity contribution in [2.24, 2.45) is 0 Å². The third-order valence-corrected chi connectivity index (χ3v) is 1.57. The second-order valence-electron chi connectivity index (χ2n) is 2.85. The summed E-state index contributed by atoms with van der Waals surface area (Å²) in [6.45, 7) is -0.820. The van der Waals surface area contributed by atoms with Gasteiger partial charge in [0.1, 0.15) is 0 Å². The molecular formula is C7H7F4NO5. The molecule has 6 nitrogen and oxygen atoms in total. The Balaban J connectivity index is 4.66. The summed E-state index contributed by atoms with van der Waals surface area (Å²) in [5.41, 5.74) is 0. The first-order valence-corrected chi connectivity index (χ1v) is 4.02. The van der Waals surface area contributed by atoms with Gasteiger partial charge in [-0.1, -0.05) is 0 Å². The third-order valence-electron chi connectivity index (χ3n) is 1.57. The van der Waals surface area contributed by atoms with Crippen LogP contribution in [0.5, 0.6) is 0 Å². The predicted molar refractivity (Wildman–Crippen MR) is 42.8 cm³/mol. The summed E-state index contributed by atoms with van der Waals surface area (Å²) in [4.78, 5) is 30.4. The van der Waals surface area contributed by atoms with E-state index in [1.54, 1.807) is 0 Å². The van der Waals surface area contributed by atoms with Gasteiger partial charge in [0.25, 0.3) is 5.91 Å². The van der Waals surface area contributed by atoms with Crippen molar-refractivity contribution in [2.75, 3.05) is 6.54 Å². The molecular weight excluding hydrogens is 254 g/mol. The number of nitrogens with one attached hydrogen (secondary N) is 1. The lowest BCUT2D eigenvalue weighted by molar-refractivity contribution is -0.222. The summed E-state index contributed by atoms with van der Waals surface area (Å²) >= 11 is 0. The van der Waals surface area contributed by atoms with Gasteiger partial charge in [-0.15, -0.1) is 0 Å². The van der Waals surface area contributed by atoms with Gasteiger partial charge in [-0.3, -0.25) is 9.59 Å². The van der Waals surface area contributed by atoms with Gasteiger partial charge in [-0.05, 0) is 0 Å². The minimum atomic E-state index is -5.57. The molecule has 1 amide bonds. The first kappa shape index (κ1) is 15.1. The first-order chi connectivity index (χ1) is 7.53. The van der Waals surface area contributed by atoms with Gasteiger partial charge in [-0.2, -0.15) is 17.6 Å². The number of carboxylic acid groups (broad SMARTS) is 2. The van der Waals surface area contributed by atoms with Crippen molar-refractivity contribution in [3.8, 4) is 0 Å². The maximum absolute atomic E-state index is 12.7. The SMILES string of the molecule is O=C(O)CCNC(=O)C(F)(F)C(F)(F)C(=O)O. The van der Waals surface area contributed by atoms with Crippen LogP contribution in [0.3, 0.4) is 0 Å². The molecule has 17 heavy (non-hydrogen) atoms. The predicted octanol–water partition coefficient (Wildman–Crippen LogP) is -0.0675. The Labute approximate surface area is 91.2 Å². The number of carboxylic acids is 2. The molecule has 0 aliphatic carbocycles. The Hall–Kier alpha value is -1.87. The molecule has 0 unspecified atom stereocenters. The Kier molecular flexibility index (Phi) is 4.43. The molecule has 0 heterocycles. The largest absolute Gasteiger partial charge is 0.481 e. The summed E-state index contributed by atoms with van der Waals surface area (Å²) in [5.74, 6) is -18.2. The van der Waals surface area contributed by atoms with Gasteiger partial charge in [0.15, 0.2) is 0 Å². The molecule has 0 aliphatic rings. The number of rotatable bonds is 6. The highest BCUT2D eigenvalue weighted by Crippen LogP contribution is 2.34. The van der Waals surface area contributed by atoms with Crippen molar-refractivity contribution in [3.63, 3.8) is 0 Å². The van der Waals surface area contributed by atoms with Gasteiger partial charge in [0.05, 0.1) is 6.42 Å². The summed E-state index contributed by atoms with van der Waals surface area (Å²) in [5, 5.41) is 17.1. The average Bonchev–Trinajstić information content (AvgIpc) is 2.16.